The molecule has 3 aromatic rings. The Bertz CT molecular complexity index is 742. The van der Waals surface area contributed by atoms with E-state index in [1.54, 1.807) is 0 Å². The molecular formula is C21H21BrN2. The zero-order chi connectivity index (χ0) is 16.8. The highest BCUT2D eigenvalue weighted by atomic mass is 79.9. The number of hydrogen-bond acceptors (Lipinski definition) is 2. The van der Waals surface area contributed by atoms with Gasteiger partial charge >= 0.3 is 0 Å². The second-order valence-corrected chi connectivity index (χ2v) is 6.94. The Balaban J connectivity index is 1.82. The molecule has 2 nitrogen and oxygen atoms in total. The lowest BCUT2D eigenvalue weighted by Gasteiger charge is -2.26. The molecule has 3 heteroatoms. The van der Waals surface area contributed by atoms with Crippen molar-refractivity contribution in [2.24, 2.45) is 0 Å². The van der Waals surface area contributed by atoms with Crippen LogP contribution in [0.1, 0.15) is 17.0 Å². The monoisotopic (exact) mass is 380 g/mol. The predicted molar refractivity (Wildman–Crippen MR) is 105 cm³/mol. The van der Waals surface area contributed by atoms with E-state index in [1.165, 1.54) is 16.8 Å². The largest absolute Gasteiger partial charge is 0.374 e. The van der Waals surface area contributed by atoms with Crippen LogP contribution in [0.5, 0.6) is 0 Å². The van der Waals surface area contributed by atoms with Gasteiger partial charge in [0, 0.05) is 42.1 Å². The first-order valence-corrected chi connectivity index (χ1v) is 8.92. The van der Waals surface area contributed by atoms with Crippen molar-refractivity contribution in [3.63, 3.8) is 0 Å². The number of aromatic nitrogens is 1. The molecule has 0 aliphatic rings. The van der Waals surface area contributed by atoms with Crippen molar-refractivity contribution in [3.8, 4) is 0 Å². The van der Waals surface area contributed by atoms with E-state index in [0.29, 0.717) is 5.92 Å². The third kappa shape index (κ3) is 4.45. The number of para-hydroxylation sites is 1. The molecule has 0 spiro atoms. The van der Waals surface area contributed by atoms with E-state index in [0.717, 1.165) is 17.4 Å². The van der Waals surface area contributed by atoms with Crippen LogP contribution >= 0.6 is 15.9 Å². The molecule has 122 valence electrons. The number of benzene rings is 2. The van der Waals surface area contributed by atoms with Crippen molar-refractivity contribution in [1.82, 2.24) is 4.98 Å². The Kier molecular flexibility index (Phi) is 5.65. The highest BCUT2D eigenvalue weighted by Gasteiger charge is 2.15. The second kappa shape index (κ2) is 8.11. The zero-order valence-corrected chi connectivity index (χ0v) is 15.4. The lowest BCUT2D eigenvalue weighted by Crippen LogP contribution is -2.25. The third-order valence-corrected chi connectivity index (χ3v) is 4.79. The number of rotatable bonds is 6. The summed E-state index contributed by atoms with van der Waals surface area (Å²) in [5.74, 6) is 0.422. The van der Waals surface area contributed by atoms with E-state index in [1.807, 2.05) is 12.4 Å². The minimum absolute atomic E-state index is 0.422. The Labute approximate surface area is 152 Å². The van der Waals surface area contributed by atoms with Gasteiger partial charge < -0.3 is 4.90 Å². The Morgan fingerprint density at radius 1 is 0.917 bits per heavy atom. The van der Waals surface area contributed by atoms with E-state index in [-0.39, 0.29) is 0 Å². The van der Waals surface area contributed by atoms with Gasteiger partial charge in [-0.2, -0.15) is 0 Å². The van der Waals surface area contributed by atoms with Crippen molar-refractivity contribution in [1.29, 1.82) is 0 Å². The summed E-state index contributed by atoms with van der Waals surface area (Å²) in [6.45, 7) is 0.966. The van der Waals surface area contributed by atoms with Gasteiger partial charge in [-0.25, -0.2) is 0 Å². The predicted octanol–water partition coefficient (Wildman–Crippen LogP) is 5.31. The maximum absolute atomic E-state index is 4.13. The van der Waals surface area contributed by atoms with E-state index >= 15 is 0 Å². The first kappa shape index (κ1) is 16.7. The molecule has 3 rings (SSSR count). The molecule has 0 amide bonds. The number of halogens is 1. The summed E-state index contributed by atoms with van der Waals surface area (Å²) in [4.78, 5) is 6.46. The number of hydrogen-bond donors (Lipinski definition) is 0. The summed E-state index contributed by atoms with van der Waals surface area (Å²) in [5.41, 5.74) is 3.92. The maximum Gasteiger partial charge on any atom is 0.0363 e. The molecule has 24 heavy (non-hydrogen) atoms. The Morgan fingerprint density at radius 3 is 2.25 bits per heavy atom. The molecular weight excluding hydrogens is 360 g/mol. The van der Waals surface area contributed by atoms with Crippen molar-refractivity contribution >= 4 is 21.6 Å². The molecule has 0 saturated carbocycles. The van der Waals surface area contributed by atoms with Crippen molar-refractivity contribution in [3.05, 3.63) is 94.7 Å². The van der Waals surface area contributed by atoms with Crippen molar-refractivity contribution < 1.29 is 0 Å². The summed E-state index contributed by atoms with van der Waals surface area (Å²) < 4.78 is 1.12. The minimum Gasteiger partial charge on any atom is -0.374 e. The van der Waals surface area contributed by atoms with Crippen LogP contribution in [0.3, 0.4) is 0 Å². The van der Waals surface area contributed by atoms with Gasteiger partial charge in [-0.1, -0.05) is 46.3 Å². The average Bonchev–Trinajstić information content (AvgIpc) is 2.63. The molecule has 0 aliphatic carbocycles. The Morgan fingerprint density at radius 2 is 1.58 bits per heavy atom. The number of pyridine rings is 1. The molecule has 1 aromatic heterocycles. The fourth-order valence-electron chi connectivity index (χ4n) is 2.94. The average molecular weight is 381 g/mol. The van der Waals surface area contributed by atoms with Gasteiger partial charge in [-0.3, -0.25) is 4.98 Å². The van der Waals surface area contributed by atoms with Gasteiger partial charge in [0.1, 0.15) is 0 Å². The summed E-state index contributed by atoms with van der Waals surface area (Å²) in [7, 11) is 2.16. The quantitative estimate of drug-likeness (QED) is 0.576. The lowest BCUT2D eigenvalue weighted by molar-refractivity contribution is 0.668. The van der Waals surface area contributed by atoms with Gasteiger partial charge in [0.15, 0.2) is 0 Å². The van der Waals surface area contributed by atoms with Gasteiger partial charge in [0.2, 0.25) is 0 Å². The van der Waals surface area contributed by atoms with Crippen LogP contribution in [0.4, 0.5) is 5.69 Å². The first-order chi connectivity index (χ1) is 11.7. The molecule has 0 aliphatic heterocycles. The molecule has 0 fully saturated rings. The van der Waals surface area contributed by atoms with Crippen LogP contribution in [0, 0.1) is 0 Å². The smallest absolute Gasteiger partial charge is 0.0363 e. The summed E-state index contributed by atoms with van der Waals surface area (Å²) in [6, 6.07) is 23.4. The molecule has 2 aromatic carbocycles. The third-order valence-electron chi connectivity index (χ3n) is 4.26. The van der Waals surface area contributed by atoms with E-state index in [2.05, 4.69) is 99.6 Å². The summed E-state index contributed by atoms with van der Waals surface area (Å²) >= 11 is 3.53. The molecule has 0 radical (unpaired) electrons. The SMILES string of the molecule is CN(CC(Cc1ccncc1)c1ccc(Br)cc1)c1ccccc1. The fraction of sp³-hybridized carbons (Fsp3) is 0.190. The highest BCUT2D eigenvalue weighted by Crippen LogP contribution is 2.25. The van der Waals surface area contributed by atoms with E-state index < -0.39 is 0 Å². The van der Waals surface area contributed by atoms with Crippen LogP contribution in [0.2, 0.25) is 0 Å². The van der Waals surface area contributed by atoms with E-state index in [9.17, 15) is 0 Å². The number of likely N-dealkylation sites (N-methyl/N-ethyl adjacent to an activating group) is 1. The zero-order valence-electron chi connectivity index (χ0n) is 13.8. The maximum atomic E-state index is 4.13. The molecule has 0 N–H and O–H groups in total. The molecule has 1 atom stereocenters. The molecule has 0 saturated heterocycles. The second-order valence-electron chi connectivity index (χ2n) is 6.02. The summed E-state index contributed by atoms with van der Waals surface area (Å²) in [6.07, 6.45) is 4.74. The van der Waals surface area contributed by atoms with Crippen molar-refractivity contribution in [2.75, 3.05) is 18.5 Å². The van der Waals surface area contributed by atoms with Gasteiger partial charge in [0.05, 0.1) is 0 Å². The number of anilines is 1. The van der Waals surface area contributed by atoms with Crippen LogP contribution in [-0.4, -0.2) is 18.6 Å². The number of nitrogens with zero attached hydrogens (tertiary/aromatic N) is 2. The van der Waals surface area contributed by atoms with E-state index in [4.69, 9.17) is 0 Å². The standard InChI is InChI=1S/C21H21BrN2/c1-24(21-5-3-2-4-6-21)16-19(15-17-11-13-23-14-12-17)18-7-9-20(22)10-8-18/h2-14,19H,15-16H2,1H3. The van der Waals surface area contributed by atoms with Crippen LogP contribution in [-0.2, 0) is 6.42 Å². The molecule has 0 bridgehead atoms. The Hall–Kier alpha value is -2.13. The summed E-state index contributed by atoms with van der Waals surface area (Å²) in [5, 5.41) is 0. The fourth-order valence-corrected chi connectivity index (χ4v) is 3.21. The highest BCUT2D eigenvalue weighted by molar-refractivity contribution is 9.10. The lowest BCUT2D eigenvalue weighted by atomic mass is 9.91. The van der Waals surface area contributed by atoms with Gasteiger partial charge in [-0.15, -0.1) is 0 Å². The van der Waals surface area contributed by atoms with Crippen LogP contribution in [0.25, 0.3) is 0 Å². The normalized spacial score (nSPS) is 11.9. The topological polar surface area (TPSA) is 16.1 Å². The van der Waals surface area contributed by atoms with Crippen molar-refractivity contribution in [2.45, 2.75) is 12.3 Å². The van der Waals surface area contributed by atoms with Crippen LogP contribution in [0.15, 0.2) is 83.6 Å². The van der Waals surface area contributed by atoms with Gasteiger partial charge in [-0.05, 0) is 53.9 Å². The minimum atomic E-state index is 0.422. The van der Waals surface area contributed by atoms with Crippen LogP contribution < -0.4 is 4.90 Å². The molecule has 1 heterocycles. The van der Waals surface area contributed by atoms with Gasteiger partial charge in [0.25, 0.3) is 0 Å². The molecule has 1 unspecified atom stereocenters. The first-order valence-electron chi connectivity index (χ1n) is 8.13.